The van der Waals surface area contributed by atoms with Crippen LogP contribution >= 0.6 is 24.2 Å². The number of halogens is 1. The Labute approximate surface area is 151 Å². The molecule has 0 saturated carbocycles. The third kappa shape index (κ3) is 5.18. The van der Waals surface area contributed by atoms with E-state index in [9.17, 15) is 9.90 Å². The van der Waals surface area contributed by atoms with Crippen LogP contribution in [0, 0.1) is 5.41 Å². The van der Waals surface area contributed by atoms with Gasteiger partial charge in [-0.25, -0.2) is 4.79 Å². The lowest BCUT2D eigenvalue weighted by Crippen LogP contribution is -2.20. The van der Waals surface area contributed by atoms with Gasteiger partial charge in [-0.05, 0) is 47.7 Å². The van der Waals surface area contributed by atoms with Gasteiger partial charge in [0.1, 0.15) is 5.84 Å². The number of nitrogen functional groups attached to an aromatic ring is 1. The monoisotopic (exact) mass is 365 g/mol. The van der Waals surface area contributed by atoms with Crippen molar-refractivity contribution in [1.29, 1.82) is 5.41 Å². The van der Waals surface area contributed by atoms with Gasteiger partial charge in [-0.3, -0.25) is 5.41 Å². The van der Waals surface area contributed by atoms with Crippen molar-refractivity contribution in [3.8, 4) is 0 Å². The molecule has 7 heteroatoms. The number of thioether (sulfide) groups is 1. The van der Waals surface area contributed by atoms with Gasteiger partial charge in [0, 0.05) is 16.1 Å². The number of anilines is 1. The molecule has 2 aromatic rings. The molecule has 0 heterocycles. The molecule has 5 nitrogen and oxygen atoms in total. The molecule has 1 unspecified atom stereocenters. The maximum atomic E-state index is 11.6. The highest BCUT2D eigenvalue weighted by Crippen LogP contribution is 2.25. The Morgan fingerprint density at radius 1 is 1.29 bits per heavy atom. The number of nitrogens with two attached hydrogens (primary N) is 1. The fourth-order valence-corrected chi connectivity index (χ4v) is 2.88. The van der Waals surface area contributed by atoms with Gasteiger partial charge in [0.05, 0.1) is 0 Å². The lowest BCUT2D eigenvalue weighted by atomic mass is 10.1. The van der Waals surface area contributed by atoms with Gasteiger partial charge in [-0.15, -0.1) is 24.2 Å². The van der Waals surface area contributed by atoms with E-state index < -0.39 is 12.0 Å². The number of carboxylic acids is 1. The Balaban J connectivity index is 0.00000288. The van der Waals surface area contributed by atoms with Crippen molar-refractivity contribution in [2.45, 2.75) is 17.9 Å². The smallest absolute Gasteiger partial charge is 0.330 e. The number of aliphatic carboxylic acids is 1. The standard InChI is InChI=1S/C17H19N3O2S.ClH/c1-2-23-14-5-3-4-12(10-14)15(17(21)22)20-13-8-6-11(7-9-13)16(18)19;/h3-10,15,20H,2H2,1H3,(H3,18,19)(H,21,22);1H. The first-order chi connectivity index (χ1) is 11.0. The third-order valence-electron chi connectivity index (χ3n) is 3.26. The molecule has 0 bridgehead atoms. The molecule has 128 valence electrons. The molecule has 0 amide bonds. The van der Waals surface area contributed by atoms with Gasteiger partial charge in [0.2, 0.25) is 0 Å². The molecule has 0 spiro atoms. The number of hydrogen-bond acceptors (Lipinski definition) is 4. The summed E-state index contributed by atoms with van der Waals surface area (Å²) in [6.45, 7) is 2.06. The van der Waals surface area contributed by atoms with Crippen molar-refractivity contribution in [1.82, 2.24) is 0 Å². The van der Waals surface area contributed by atoms with E-state index in [-0.39, 0.29) is 18.2 Å². The number of carboxylic acid groups (broad SMARTS) is 1. The molecule has 2 rings (SSSR count). The van der Waals surface area contributed by atoms with Crippen LogP contribution in [0.4, 0.5) is 5.69 Å². The Bertz CT molecular complexity index is 707. The van der Waals surface area contributed by atoms with Crippen LogP contribution < -0.4 is 11.1 Å². The van der Waals surface area contributed by atoms with Crippen molar-refractivity contribution in [3.05, 3.63) is 59.7 Å². The molecule has 0 aliphatic heterocycles. The summed E-state index contributed by atoms with van der Waals surface area (Å²) in [6.07, 6.45) is 0. The summed E-state index contributed by atoms with van der Waals surface area (Å²) in [5.41, 5.74) is 7.38. The van der Waals surface area contributed by atoms with Crippen LogP contribution in [0.1, 0.15) is 24.1 Å². The SMILES string of the molecule is CCSc1cccc(C(Nc2ccc(C(=N)N)cc2)C(=O)O)c1.Cl. The maximum absolute atomic E-state index is 11.6. The van der Waals surface area contributed by atoms with E-state index in [1.165, 1.54) is 0 Å². The number of hydrogen-bond donors (Lipinski definition) is 4. The summed E-state index contributed by atoms with van der Waals surface area (Å²) in [7, 11) is 0. The topological polar surface area (TPSA) is 99.2 Å². The Kier molecular flexibility index (Phi) is 7.61. The fraction of sp³-hybridized carbons (Fsp3) is 0.176. The summed E-state index contributed by atoms with van der Waals surface area (Å²) < 4.78 is 0. The van der Waals surface area contributed by atoms with Crippen molar-refractivity contribution in [3.63, 3.8) is 0 Å². The first kappa shape index (κ1) is 19.9. The van der Waals surface area contributed by atoms with E-state index >= 15 is 0 Å². The van der Waals surface area contributed by atoms with E-state index in [2.05, 4.69) is 12.2 Å². The lowest BCUT2D eigenvalue weighted by Gasteiger charge is -2.17. The minimum absolute atomic E-state index is 0. The van der Waals surface area contributed by atoms with Crippen molar-refractivity contribution < 1.29 is 9.90 Å². The number of carbonyl (C=O) groups is 1. The van der Waals surface area contributed by atoms with Gasteiger partial charge < -0.3 is 16.2 Å². The molecule has 0 fully saturated rings. The summed E-state index contributed by atoms with van der Waals surface area (Å²) in [6, 6.07) is 13.5. The Morgan fingerprint density at radius 2 is 1.96 bits per heavy atom. The molecule has 1 atom stereocenters. The van der Waals surface area contributed by atoms with E-state index in [0.717, 1.165) is 10.6 Å². The minimum atomic E-state index is -0.945. The summed E-state index contributed by atoms with van der Waals surface area (Å²) in [5.74, 6) is -0.0314. The van der Waals surface area contributed by atoms with Crippen molar-refractivity contribution in [2.24, 2.45) is 5.73 Å². The second kappa shape index (κ2) is 9.20. The third-order valence-corrected chi connectivity index (χ3v) is 4.13. The highest BCUT2D eigenvalue weighted by molar-refractivity contribution is 7.99. The van der Waals surface area contributed by atoms with Crippen LogP contribution in [0.25, 0.3) is 0 Å². The minimum Gasteiger partial charge on any atom is -0.479 e. The van der Waals surface area contributed by atoms with Crippen molar-refractivity contribution in [2.75, 3.05) is 11.1 Å². The molecular formula is C17H20ClN3O2S. The van der Waals surface area contributed by atoms with E-state index in [1.54, 1.807) is 42.1 Å². The van der Waals surface area contributed by atoms with Crippen LogP contribution in [-0.2, 0) is 4.79 Å². The first-order valence-electron chi connectivity index (χ1n) is 7.18. The van der Waals surface area contributed by atoms with Crippen LogP contribution in [0.15, 0.2) is 53.4 Å². The molecule has 0 radical (unpaired) electrons. The fourth-order valence-electron chi connectivity index (χ4n) is 2.15. The average Bonchev–Trinajstić information content (AvgIpc) is 2.53. The number of amidine groups is 1. The Hall–Kier alpha value is -2.18. The highest BCUT2D eigenvalue weighted by atomic mass is 35.5. The van der Waals surface area contributed by atoms with Gasteiger partial charge in [-0.2, -0.15) is 0 Å². The van der Waals surface area contributed by atoms with Gasteiger partial charge in [-0.1, -0.05) is 19.1 Å². The molecule has 0 saturated heterocycles. The van der Waals surface area contributed by atoms with Crippen molar-refractivity contribution >= 4 is 41.7 Å². The molecule has 0 aromatic heterocycles. The molecule has 0 aliphatic carbocycles. The van der Waals surface area contributed by atoms with E-state index in [1.807, 2.05) is 18.2 Å². The van der Waals surface area contributed by atoms with Gasteiger partial charge >= 0.3 is 5.97 Å². The van der Waals surface area contributed by atoms with Crippen LogP contribution in [0.2, 0.25) is 0 Å². The zero-order valence-electron chi connectivity index (χ0n) is 13.2. The maximum Gasteiger partial charge on any atom is 0.330 e. The summed E-state index contributed by atoms with van der Waals surface area (Å²) in [4.78, 5) is 12.7. The largest absolute Gasteiger partial charge is 0.479 e. The zero-order chi connectivity index (χ0) is 16.8. The molecule has 2 aromatic carbocycles. The lowest BCUT2D eigenvalue weighted by molar-refractivity contribution is -0.138. The van der Waals surface area contributed by atoms with E-state index in [4.69, 9.17) is 11.1 Å². The second-order valence-electron chi connectivity index (χ2n) is 4.91. The van der Waals surface area contributed by atoms with Crippen LogP contribution in [0.3, 0.4) is 0 Å². The van der Waals surface area contributed by atoms with Gasteiger partial charge in [0.15, 0.2) is 6.04 Å². The molecular weight excluding hydrogens is 346 g/mol. The average molecular weight is 366 g/mol. The molecule has 5 N–H and O–H groups in total. The Morgan fingerprint density at radius 3 is 2.50 bits per heavy atom. The second-order valence-corrected chi connectivity index (χ2v) is 6.25. The first-order valence-corrected chi connectivity index (χ1v) is 8.16. The highest BCUT2D eigenvalue weighted by Gasteiger charge is 2.20. The predicted molar refractivity (Wildman–Crippen MR) is 102 cm³/mol. The number of rotatable bonds is 7. The van der Waals surface area contributed by atoms with Crippen LogP contribution in [-0.4, -0.2) is 22.7 Å². The number of benzene rings is 2. The summed E-state index contributed by atoms with van der Waals surface area (Å²) in [5, 5.41) is 19.9. The molecule has 0 aliphatic rings. The zero-order valence-corrected chi connectivity index (χ0v) is 14.8. The van der Waals surface area contributed by atoms with Gasteiger partial charge in [0.25, 0.3) is 0 Å². The predicted octanol–water partition coefficient (Wildman–Crippen LogP) is 3.74. The van der Waals surface area contributed by atoms with E-state index in [0.29, 0.717) is 16.8 Å². The molecule has 24 heavy (non-hydrogen) atoms. The quantitative estimate of drug-likeness (QED) is 0.340. The van der Waals surface area contributed by atoms with Crippen LogP contribution in [0.5, 0.6) is 0 Å². The summed E-state index contributed by atoms with van der Waals surface area (Å²) >= 11 is 1.67. The normalized spacial score (nSPS) is 11.2. The number of nitrogens with one attached hydrogen (secondary N) is 2.